The van der Waals surface area contributed by atoms with Crippen molar-refractivity contribution in [1.82, 2.24) is 10.6 Å². The zero-order valence-corrected chi connectivity index (χ0v) is 16.0. The first-order valence-corrected chi connectivity index (χ1v) is 10.2. The second-order valence-corrected chi connectivity index (χ2v) is 8.05. The van der Waals surface area contributed by atoms with E-state index in [0.717, 1.165) is 0 Å². The van der Waals surface area contributed by atoms with Crippen molar-refractivity contribution in [3.05, 3.63) is 42.4 Å². The van der Waals surface area contributed by atoms with Gasteiger partial charge in [-0.1, -0.05) is 0 Å². The number of nitrogens with one attached hydrogen (secondary N) is 2. The molecule has 0 bridgehead atoms. The van der Waals surface area contributed by atoms with Gasteiger partial charge in [-0.25, -0.2) is 8.42 Å². The molecule has 2 N–H and O–H groups in total. The number of benzene rings is 1. The highest BCUT2D eigenvalue weighted by molar-refractivity contribution is 7.91. The van der Waals surface area contributed by atoms with Crippen molar-refractivity contribution in [3.63, 3.8) is 0 Å². The fourth-order valence-electron chi connectivity index (χ4n) is 2.71. The molecule has 9 nitrogen and oxygen atoms in total. The summed E-state index contributed by atoms with van der Waals surface area (Å²) in [6.07, 6.45) is 1.34. The molecular weight excluding hydrogens is 388 g/mol. The summed E-state index contributed by atoms with van der Waals surface area (Å²) in [6, 6.07) is 7.36. The summed E-state index contributed by atoms with van der Waals surface area (Å²) in [7, 11) is -3.97. The summed E-state index contributed by atoms with van der Waals surface area (Å²) in [6.45, 7) is 2.33. The second-order valence-electron chi connectivity index (χ2n) is 5.92. The zero-order valence-electron chi connectivity index (χ0n) is 15.1. The summed E-state index contributed by atoms with van der Waals surface area (Å²) in [5.41, 5.74) is 0. The smallest absolute Gasteiger partial charge is 0.309 e. The summed E-state index contributed by atoms with van der Waals surface area (Å²) < 4.78 is 42.6. The van der Waals surface area contributed by atoms with E-state index in [0.29, 0.717) is 24.7 Å². The molecule has 3 rings (SSSR count). The van der Waals surface area contributed by atoms with Gasteiger partial charge in [-0.3, -0.25) is 9.59 Å². The number of hydrogen-bond acceptors (Lipinski definition) is 7. The standard InChI is InChI=1S/C18H20N2O7S/c1-2-19-17(21)18(22)20-11-16(14-4-3-7-25-14)28(23,24)12-5-6-13-15(10-12)27-9-8-26-13/h3-7,10,16H,2,8-9,11H2,1H3,(H,19,21)(H,20,22)/t16-/m1/s1. The third-order valence-corrected chi connectivity index (χ3v) is 6.13. The molecule has 28 heavy (non-hydrogen) atoms. The third-order valence-electron chi connectivity index (χ3n) is 4.07. The first-order chi connectivity index (χ1) is 13.4. The van der Waals surface area contributed by atoms with Gasteiger partial charge in [-0.15, -0.1) is 0 Å². The molecule has 1 aromatic carbocycles. The lowest BCUT2D eigenvalue weighted by Gasteiger charge is -2.20. The highest BCUT2D eigenvalue weighted by Crippen LogP contribution is 2.36. The van der Waals surface area contributed by atoms with Crippen LogP contribution in [0.2, 0.25) is 0 Å². The fraction of sp³-hybridized carbons (Fsp3) is 0.333. The highest BCUT2D eigenvalue weighted by atomic mass is 32.2. The normalized spacial score (nSPS) is 14.2. The van der Waals surface area contributed by atoms with Gasteiger partial charge in [0.15, 0.2) is 21.3 Å². The number of ether oxygens (including phenoxy) is 2. The third kappa shape index (κ3) is 4.11. The number of carbonyl (C=O) groups excluding carboxylic acids is 2. The van der Waals surface area contributed by atoms with Gasteiger partial charge in [-0.2, -0.15) is 0 Å². The number of amides is 2. The maximum atomic E-state index is 13.2. The summed E-state index contributed by atoms with van der Waals surface area (Å²) in [5, 5.41) is 3.48. The molecule has 1 aromatic heterocycles. The van der Waals surface area contributed by atoms with E-state index in [1.54, 1.807) is 13.0 Å². The lowest BCUT2D eigenvalue weighted by atomic mass is 10.3. The van der Waals surface area contributed by atoms with Crippen LogP contribution < -0.4 is 20.1 Å². The molecule has 0 unspecified atom stereocenters. The number of hydrogen-bond donors (Lipinski definition) is 2. The topological polar surface area (TPSA) is 124 Å². The number of carbonyl (C=O) groups is 2. The molecule has 0 aliphatic carbocycles. The zero-order chi connectivity index (χ0) is 20.1. The van der Waals surface area contributed by atoms with Crippen LogP contribution in [0.3, 0.4) is 0 Å². The molecule has 0 saturated heterocycles. The van der Waals surface area contributed by atoms with Gasteiger partial charge < -0.3 is 24.5 Å². The largest absolute Gasteiger partial charge is 0.486 e. The van der Waals surface area contributed by atoms with Crippen LogP contribution >= 0.6 is 0 Å². The Morgan fingerprint density at radius 3 is 2.46 bits per heavy atom. The predicted molar refractivity (Wildman–Crippen MR) is 97.8 cm³/mol. The Hall–Kier alpha value is -3.01. The summed E-state index contributed by atoms with van der Waals surface area (Å²) in [5.74, 6) is -0.819. The molecule has 0 fully saturated rings. The average molecular weight is 408 g/mol. The maximum Gasteiger partial charge on any atom is 0.309 e. The Morgan fingerprint density at radius 1 is 1.07 bits per heavy atom. The van der Waals surface area contributed by atoms with Gasteiger partial charge in [0.25, 0.3) is 0 Å². The predicted octanol–water partition coefficient (Wildman–Crippen LogP) is 0.818. The quantitative estimate of drug-likeness (QED) is 0.678. The van der Waals surface area contributed by atoms with E-state index in [-0.39, 0.29) is 23.7 Å². The van der Waals surface area contributed by atoms with Crippen molar-refractivity contribution in [1.29, 1.82) is 0 Å². The summed E-state index contributed by atoms with van der Waals surface area (Å²) >= 11 is 0. The molecule has 1 aliphatic rings. The Balaban J connectivity index is 1.87. The second kappa shape index (κ2) is 8.34. The van der Waals surface area contributed by atoms with Gasteiger partial charge in [0, 0.05) is 19.2 Å². The number of fused-ring (bicyclic) bond motifs is 1. The highest BCUT2D eigenvalue weighted by Gasteiger charge is 2.33. The SMILES string of the molecule is CCNC(=O)C(=O)NC[C@H](c1ccco1)S(=O)(=O)c1ccc2c(c1)OCCO2. The van der Waals surface area contributed by atoms with Crippen molar-refractivity contribution in [2.75, 3.05) is 26.3 Å². The van der Waals surface area contributed by atoms with Gasteiger partial charge >= 0.3 is 11.8 Å². The monoisotopic (exact) mass is 408 g/mol. The van der Waals surface area contributed by atoms with Crippen molar-refractivity contribution in [2.45, 2.75) is 17.1 Å². The van der Waals surface area contributed by atoms with Gasteiger partial charge in [0.05, 0.1) is 11.2 Å². The molecule has 10 heteroatoms. The minimum Gasteiger partial charge on any atom is -0.486 e. The lowest BCUT2D eigenvalue weighted by Crippen LogP contribution is -2.42. The molecule has 150 valence electrons. The van der Waals surface area contributed by atoms with E-state index < -0.39 is 26.9 Å². The molecule has 2 aromatic rings. The minimum absolute atomic E-state index is 0.00888. The van der Waals surface area contributed by atoms with Crippen molar-refractivity contribution < 1.29 is 31.9 Å². The molecule has 0 spiro atoms. The maximum absolute atomic E-state index is 13.2. The van der Waals surface area contributed by atoms with Crippen molar-refractivity contribution in [3.8, 4) is 11.5 Å². The first kappa shape index (κ1) is 19.7. The molecule has 0 radical (unpaired) electrons. The Bertz CT molecular complexity index is 954. The Morgan fingerprint density at radius 2 is 1.79 bits per heavy atom. The molecule has 0 saturated carbocycles. The van der Waals surface area contributed by atoms with Crippen LogP contribution in [0.1, 0.15) is 17.9 Å². The van der Waals surface area contributed by atoms with Crippen LogP contribution in [0.25, 0.3) is 0 Å². The van der Waals surface area contributed by atoms with Crippen molar-refractivity contribution in [2.24, 2.45) is 0 Å². The fourth-order valence-corrected chi connectivity index (χ4v) is 4.31. The molecular formula is C18H20N2O7S. The summed E-state index contributed by atoms with van der Waals surface area (Å²) in [4.78, 5) is 23.5. The van der Waals surface area contributed by atoms with Gasteiger partial charge in [0.2, 0.25) is 0 Å². The van der Waals surface area contributed by atoms with E-state index in [1.165, 1.54) is 30.5 Å². The van der Waals surface area contributed by atoms with E-state index in [1.807, 2.05) is 0 Å². The number of rotatable bonds is 6. The Labute approximate surface area is 161 Å². The lowest BCUT2D eigenvalue weighted by molar-refractivity contribution is -0.139. The Kier molecular flexibility index (Phi) is 5.88. The molecule has 1 atom stereocenters. The average Bonchev–Trinajstić information content (AvgIpc) is 3.22. The molecule has 1 aliphatic heterocycles. The van der Waals surface area contributed by atoms with Gasteiger partial charge in [-0.05, 0) is 31.2 Å². The molecule has 2 amide bonds. The van der Waals surface area contributed by atoms with E-state index >= 15 is 0 Å². The number of likely N-dealkylation sites (N-methyl/N-ethyl adjacent to an activating group) is 1. The first-order valence-electron chi connectivity index (χ1n) is 8.66. The van der Waals surface area contributed by atoms with Crippen LogP contribution in [0.15, 0.2) is 45.9 Å². The van der Waals surface area contributed by atoms with Crippen LogP contribution in [0, 0.1) is 0 Å². The number of furan rings is 1. The van der Waals surface area contributed by atoms with Crippen LogP contribution in [-0.2, 0) is 19.4 Å². The van der Waals surface area contributed by atoms with E-state index in [9.17, 15) is 18.0 Å². The van der Waals surface area contributed by atoms with Crippen molar-refractivity contribution >= 4 is 21.7 Å². The van der Waals surface area contributed by atoms with E-state index in [2.05, 4.69) is 10.6 Å². The molecule has 2 heterocycles. The number of sulfone groups is 1. The van der Waals surface area contributed by atoms with E-state index in [4.69, 9.17) is 13.9 Å². The van der Waals surface area contributed by atoms with Crippen LogP contribution in [-0.4, -0.2) is 46.5 Å². The van der Waals surface area contributed by atoms with Crippen LogP contribution in [0.4, 0.5) is 0 Å². The minimum atomic E-state index is -3.97. The van der Waals surface area contributed by atoms with Crippen LogP contribution in [0.5, 0.6) is 11.5 Å². The van der Waals surface area contributed by atoms with Gasteiger partial charge in [0.1, 0.15) is 24.2 Å².